The van der Waals surface area contributed by atoms with E-state index in [9.17, 15) is 4.79 Å². The number of hydrogen-bond donors (Lipinski definition) is 1. The molecule has 3 fully saturated rings. The van der Waals surface area contributed by atoms with Gasteiger partial charge in [-0.2, -0.15) is 0 Å². The zero-order valence-corrected chi connectivity index (χ0v) is 24.7. The third-order valence-corrected chi connectivity index (χ3v) is 10.1. The number of carbonyl (C=O) groups excluding carboxylic acids is 1. The average Bonchev–Trinajstić information content (AvgIpc) is 3.63. The molecule has 1 spiro atoms. The Morgan fingerprint density at radius 1 is 0.974 bits per heavy atom. The number of fused-ring (bicyclic) bond motifs is 2. The summed E-state index contributed by atoms with van der Waals surface area (Å²) in [7, 11) is 0. The molecule has 1 aromatic heterocycles. The highest BCUT2D eigenvalue weighted by Gasteiger charge is 2.49. The first-order valence-corrected chi connectivity index (χ1v) is 15.6. The van der Waals surface area contributed by atoms with Crippen LogP contribution in [0.25, 0.3) is 11.3 Å². The van der Waals surface area contributed by atoms with Crippen molar-refractivity contribution in [1.29, 1.82) is 0 Å². The van der Waals surface area contributed by atoms with Gasteiger partial charge in [0.1, 0.15) is 5.75 Å². The molecule has 3 heterocycles. The highest BCUT2D eigenvalue weighted by Crippen LogP contribution is 2.58. The van der Waals surface area contributed by atoms with Gasteiger partial charge in [0.05, 0.1) is 12.2 Å². The molecule has 2 aliphatic carbocycles. The van der Waals surface area contributed by atoms with Gasteiger partial charge in [-0.3, -0.25) is 4.79 Å². The van der Waals surface area contributed by atoms with E-state index < -0.39 is 0 Å². The number of benzene rings is 1. The molecule has 1 N–H and O–H groups in total. The summed E-state index contributed by atoms with van der Waals surface area (Å²) >= 11 is 0. The molecule has 0 bridgehead atoms. The molecule has 2 saturated carbocycles. The molecule has 2 aliphatic heterocycles. The van der Waals surface area contributed by atoms with Gasteiger partial charge in [-0.1, -0.05) is 40.0 Å². The number of carbonyl (C=O) groups is 1. The van der Waals surface area contributed by atoms with Crippen LogP contribution in [0.1, 0.15) is 112 Å². The van der Waals surface area contributed by atoms with Crippen LogP contribution in [0.3, 0.4) is 0 Å². The first-order valence-electron chi connectivity index (χ1n) is 15.6. The van der Waals surface area contributed by atoms with Crippen LogP contribution in [-0.2, 0) is 22.1 Å². The third kappa shape index (κ3) is 5.40. The quantitative estimate of drug-likeness (QED) is 0.424. The Labute approximate surface area is 235 Å². The van der Waals surface area contributed by atoms with Gasteiger partial charge in [-0.15, -0.1) is 0 Å². The molecule has 2 aromatic rings. The van der Waals surface area contributed by atoms with Crippen molar-refractivity contribution in [2.24, 2.45) is 11.8 Å². The molecule has 1 saturated heterocycles. The first-order chi connectivity index (χ1) is 18.7. The summed E-state index contributed by atoms with van der Waals surface area (Å²) in [6.07, 6.45) is 12.3. The molecule has 1 aromatic carbocycles. The summed E-state index contributed by atoms with van der Waals surface area (Å²) in [5, 5.41) is 3.29. The Morgan fingerprint density at radius 3 is 2.41 bits per heavy atom. The highest BCUT2D eigenvalue weighted by molar-refractivity contribution is 5.97. The fraction of sp³-hybridized carbons (Fsp3) is 0.676. The Morgan fingerprint density at radius 2 is 1.72 bits per heavy atom. The Bertz CT molecular complexity index is 1190. The number of ether oxygens (including phenoxy) is 2. The van der Waals surface area contributed by atoms with E-state index in [2.05, 4.69) is 55.8 Å². The van der Waals surface area contributed by atoms with Crippen LogP contribution in [-0.4, -0.2) is 36.8 Å². The van der Waals surface area contributed by atoms with E-state index in [4.69, 9.17) is 9.47 Å². The van der Waals surface area contributed by atoms with Crippen LogP contribution in [0.15, 0.2) is 18.2 Å². The normalized spacial score (nSPS) is 21.4. The zero-order valence-electron chi connectivity index (χ0n) is 24.7. The summed E-state index contributed by atoms with van der Waals surface area (Å²) < 4.78 is 14.4. The Balaban J connectivity index is 1.40. The lowest BCUT2D eigenvalue weighted by Crippen LogP contribution is -2.32. The Kier molecular flexibility index (Phi) is 7.33. The smallest absolute Gasteiger partial charge is 0.253 e. The molecular formula is C34H48N2O3. The summed E-state index contributed by atoms with van der Waals surface area (Å²) in [6, 6.07) is 6.98. The van der Waals surface area contributed by atoms with Crippen LogP contribution >= 0.6 is 0 Å². The van der Waals surface area contributed by atoms with Crippen LogP contribution < -0.4 is 10.1 Å². The van der Waals surface area contributed by atoms with Crippen molar-refractivity contribution in [2.45, 2.75) is 109 Å². The highest BCUT2D eigenvalue weighted by atomic mass is 16.5. The van der Waals surface area contributed by atoms with E-state index in [0.29, 0.717) is 17.3 Å². The maximum atomic E-state index is 13.6. The van der Waals surface area contributed by atoms with Crippen molar-refractivity contribution in [3.05, 3.63) is 40.6 Å². The zero-order chi connectivity index (χ0) is 27.2. The number of aromatic nitrogens is 1. The second kappa shape index (κ2) is 10.6. The maximum absolute atomic E-state index is 13.6. The third-order valence-electron chi connectivity index (χ3n) is 10.1. The second-order valence-corrected chi connectivity index (χ2v) is 13.9. The molecular weight excluding hydrogens is 484 g/mol. The topological polar surface area (TPSA) is 52.5 Å². The van der Waals surface area contributed by atoms with E-state index in [1.807, 2.05) is 0 Å². The largest absolute Gasteiger partial charge is 0.493 e. The van der Waals surface area contributed by atoms with Gasteiger partial charge in [0.15, 0.2) is 0 Å². The monoisotopic (exact) mass is 532 g/mol. The minimum Gasteiger partial charge on any atom is -0.493 e. The van der Waals surface area contributed by atoms with Gasteiger partial charge in [-0.25, -0.2) is 0 Å². The van der Waals surface area contributed by atoms with Crippen molar-refractivity contribution >= 4 is 5.91 Å². The lowest BCUT2D eigenvalue weighted by atomic mass is 9.79. The molecule has 5 nitrogen and oxygen atoms in total. The van der Waals surface area contributed by atoms with Gasteiger partial charge >= 0.3 is 0 Å². The number of hydrogen-bond acceptors (Lipinski definition) is 3. The van der Waals surface area contributed by atoms with Crippen molar-refractivity contribution in [3.8, 4) is 17.0 Å². The van der Waals surface area contributed by atoms with Crippen LogP contribution in [0.4, 0.5) is 0 Å². The van der Waals surface area contributed by atoms with E-state index >= 15 is 0 Å². The molecule has 4 aliphatic rings. The maximum Gasteiger partial charge on any atom is 0.253 e. The minimum atomic E-state index is -0.0206. The number of amides is 1. The molecule has 39 heavy (non-hydrogen) atoms. The van der Waals surface area contributed by atoms with E-state index in [1.165, 1.54) is 67.3 Å². The van der Waals surface area contributed by atoms with E-state index in [-0.39, 0.29) is 11.3 Å². The summed E-state index contributed by atoms with van der Waals surface area (Å²) in [5.74, 6) is 2.39. The van der Waals surface area contributed by atoms with Crippen molar-refractivity contribution < 1.29 is 14.3 Å². The van der Waals surface area contributed by atoms with Gasteiger partial charge in [-0.05, 0) is 92.9 Å². The minimum absolute atomic E-state index is 0.0206. The van der Waals surface area contributed by atoms with Crippen molar-refractivity contribution in [1.82, 2.24) is 9.88 Å². The summed E-state index contributed by atoms with van der Waals surface area (Å²) in [6.45, 7) is 13.2. The van der Waals surface area contributed by atoms with Crippen LogP contribution in [0.2, 0.25) is 0 Å². The van der Waals surface area contributed by atoms with Gasteiger partial charge < -0.3 is 19.4 Å². The molecule has 0 radical (unpaired) electrons. The van der Waals surface area contributed by atoms with Crippen molar-refractivity contribution in [2.75, 3.05) is 26.4 Å². The lowest BCUT2D eigenvalue weighted by Gasteiger charge is -2.33. The molecule has 0 unspecified atom stereocenters. The van der Waals surface area contributed by atoms with Crippen molar-refractivity contribution in [3.63, 3.8) is 0 Å². The van der Waals surface area contributed by atoms with Gasteiger partial charge in [0.2, 0.25) is 0 Å². The summed E-state index contributed by atoms with van der Waals surface area (Å²) in [5.41, 5.74) is 7.37. The molecule has 1 amide bonds. The summed E-state index contributed by atoms with van der Waals surface area (Å²) in [4.78, 5) is 13.6. The first kappa shape index (κ1) is 26.9. The predicted molar refractivity (Wildman–Crippen MR) is 157 cm³/mol. The number of nitrogens with zero attached hydrogens (tertiary/aromatic N) is 1. The fourth-order valence-corrected chi connectivity index (χ4v) is 7.30. The van der Waals surface area contributed by atoms with Crippen LogP contribution in [0.5, 0.6) is 5.75 Å². The average molecular weight is 533 g/mol. The fourth-order valence-electron chi connectivity index (χ4n) is 7.30. The number of rotatable bonds is 6. The SMILES string of the molecule is Cc1c(C(=O)NCC2CCOCC2)cc(-c2cc(C(C)(C)C)c3c(c2)C2(CCO3)CC2)n1CC1CCCCC1. The lowest BCUT2D eigenvalue weighted by molar-refractivity contribution is 0.0642. The van der Waals surface area contributed by atoms with E-state index in [0.717, 1.165) is 69.2 Å². The molecule has 5 heteroatoms. The van der Waals surface area contributed by atoms with Gasteiger partial charge in [0, 0.05) is 54.2 Å². The molecule has 212 valence electrons. The Hall–Kier alpha value is -2.27. The predicted octanol–water partition coefficient (Wildman–Crippen LogP) is 7.31. The molecule has 6 rings (SSSR count). The second-order valence-electron chi connectivity index (χ2n) is 13.9. The van der Waals surface area contributed by atoms with Crippen LogP contribution in [0, 0.1) is 18.8 Å². The number of nitrogens with one attached hydrogen (secondary N) is 1. The van der Waals surface area contributed by atoms with E-state index in [1.54, 1.807) is 0 Å². The molecule has 0 atom stereocenters. The van der Waals surface area contributed by atoms with Gasteiger partial charge in [0.25, 0.3) is 5.91 Å². The standard InChI is InChI=1S/C34H48N2O3/c1-23-27(32(37)35-21-24-10-15-38-16-11-24)20-30(36(23)22-25-8-6-5-7-9-25)26-18-28(33(2,3)4)31-29(19-26)34(12-13-34)14-17-39-31/h18-20,24-25H,5-17,21-22H2,1-4H3,(H,35,37).